The molecule has 0 bridgehead atoms. The van der Waals surface area contributed by atoms with Gasteiger partial charge in [0.15, 0.2) is 6.10 Å². The lowest BCUT2D eigenvalue weighted by Gasteiger charge is -2.13. The molecule has 0 fully saturated rings. The van der Waals surface area contributed by atoms with E-state index >= 15 is 0 Å². The van der Waals surface area contributed by atoms with E-state index in [-0.39, 0.29) is 5.91 Å². The Morgan fingerprint density at radius 2 is 2.00 bits per heavy atom. The highest BCUT2D eigenvalue weighted by Gasteiger charge is 2.22. The second-order valence-corrected chi connectivity index (χ2v) is 6.94. The molecule has 1 N–H and O–H groups in total. The van der Waals surface area contributed by atoms with Gasteiger partial charge in [-0.25, -0.2) is 9.78 Å². The number of ether oxygens (including phenoxy) is 1. The van der Waals surface area contributed by atoms with Crippen LogP contribution < -0.4 is 5.32 Å². The Bertz CT molecular complexity index is 931. The van der Waals surface area contributed by atoms with Crippen LogP contribution in [0.4, 0.5) is 5.69 Å². The standard InChI is InChI=1S/C19H19N3O3S/c1-12(18(23)21-15-7-5-4-6-8-15)25-19(24)17-9-14(10-22(17)3)16-11-26-13(2)20-16/h4-12H,1-3H3,(H,21,23). The zero-order chi connectivity index (χ0) is 18.7. The van der Waals surface area contributed by atoms with E-state index in [1.807, 2.05) is 36.7 Å². The Labute approximate surface area is 155 Å². The predicted octanol–water partition coefficient (Wildman–Crippen LogP) is 3.64. The number of nitrogens with one attached hydrogen (secondary N) is 1. The number of hydrogen-bond donors (Lipinski definition) is 1. The highest BCUT2D eigenvalue weighted by molar-refractivity contribution is 7.09. The van der Waals surface area contributed by atoms with Crippen molar-refractivity contribution in [3.8, 4) is 11.3 Å². The van der Waals surface area contributed by atoms with Crippen molar-refractivity contribution in [1.82, 2.24) is 9.55 Å². The molecule has 3 aromatic rings. The lowest BCUT2D eigenvalue weighted by molar-refractivity contribution is -0.123. The second kappa shape index (κ2) is 7.53. The molecule has 26 heavy (non-hydrogen) atoms. The van der Waals surface area contributed by atoms with E-state index in [0.29, 0.717) is 11.4 Å². The first-order valence-electron chi connectivity index (χ1n) is 8.10. The number of carbonyl (C=O) groups is 2. The van der Waals surface area contributed by atoms with Gasteiger partial charge < -0.3 is 14.6 Å². The van der Waals surface area contributed by atoms with Gasteiger partial charge in [0.05, 0.1) is 10.7 Å². The molecule has 0 aliphatic carbocycles. The van der Waals surface area contributed by atoms with E-state index in [1.54, 1.807) is 48.1 Å². The van der Waals surface area contributed by atoms with Crippen LogP contribution in [-0.4, -0.2) is 27.5 Å². The van der Waals surface area contributed by atoms with E-state index in [2.05, 4.69) is 10.3 Å². The molecule has 0 aliphatic rings. The van der Waals surface area contributed by atoms with Crippen LogP contribution in [0.25, 0.3) is 11.3 Å². The SMILES string of the molecule is Cc1nc(-c2cc(C(=O)OC(C)C(=O)Nc3ccccc3)n(C)c2)cs1. The summed E-state index contributed by atoms with van der Waals surface area (Å²) in [5, 5.41) is 5.61. The molecule has 2 heterocycles. The molecule has 6 nitrogen and oxygen atoms in total. The molecule has 0 saturated heterocycles. The van der Waals surface area contributed by atoms with Gasteiger partial charge in [-0.15, -0.1) is 11.3 Å². The minimum absolute atomic E-state index is 0.366. The molecule has 0 aliphatic heterocycles. The molecule has 2 aromatic heterocycles. The van der Waals surface area contributed by atoms with Crippen LogP contribution in [0.15, 0.2) is 48.0 Å². The van der Waals surface area contributed by atoms with Crippen LogP contribution >= 0.6 is 11.3 Å². The van der Waals surface area contributed by atoms with Gasteiger partial charge in [-0.1, -0.05) is 18.2 Å². The number of esters is 1. The lowest BCUT2D eigenvalue weighted by atomic mass is 10.2. The average molecular weight is 369 g/mol. The number of nitrogens with zero attached hydrogens (tertiary/aromatic N) is 2. The van der Waals surface area contributed by atoms with Crippen LogP contribution in [0.1, 0.15) is 22.4 Å². The maximum absolute atomic E-state index is 12.4. The Morgan fingerprint density at radius 1 is 1.27 bits per heavy atom. The van der Waals surface area contributed by atoms with Gasteiger partial charge in [-0.3, -0.25) is 4.79 Å². The summed E-state index contributed by atoms with van der Waals surface area (Å²) in [6.07, 6.45) is 0.905. The summed E-state index contributed by atoms with van der Waals surface area (Å²) in [7, 11) is 1.76. The van der Waals surface area contributed by atoms with Gasteiger partial charge in [0.1, 0.15) is 5.69 Å². The highest BCUT2D eigenvalue weighted by atomic mass is 32.1. The minimum atomic E-state index is -0.914. The van der Waals surface area contributed by atoms with Crippen LogP contribution in [0.5, 0.6) is 0 Å². The zero-order valence-corrected chi connectivity index (χ0v) is 15.5. The number of carbonyl (C=O) groups excluding carboxylic acids is 2. The number of hydrogen-bond acceptors (Lipinski definition) is 5. The number of thiazole rings is 1. The third kappa shape index (κ3) is 4.00. The first-order chi connectivity index (χ1) is 12.4. The first-order valence-corrected chi connectivity index (χ1v) is 8.98. The monoisotopic (exact) mass is 369 g/mol. The zero-order valence-electron chi connectivity index (χ0n) is 14.7. The molecule has 1 unspecified atom stereocenters. The fraction of sp³-hybridized carbons (Fsp3) is 0.211. The molecule has 0 radical (unpaired) electrons. The fourth-order valence-corrected chi connectivity index (χ4v) is 3.07. The Morgan fingerprint density at radius 3 is 2.65 bits per heavy atom. The lowest BCUT2D eigenvalue weighted by Crippen LogP contribution is -2.30. The number of benzene rings is 1. The molecule has 7 heteroatoms. The molecule has 1 aromatic carbocycles. The van der Waals surface area contributed by atoms with Crippen molar-refractivity contribution in [2.45, 2.75) is 20.0 Å². The summed E-state index contributed by atoms with van der Waals surface area (Å²) in [4.78, 5) is 29.1. The Hall–Kier alpha value is -2.93. The quantitative estimate of drug-likeness (QED) is 0.697. The van der Waals surface area contributed by atoms with Gasteiger partial charge in [-0.05, 0) is 32.0 Å². The van der Waals surface area contributed by atoms with Crippen molar-refractivity contribution in [3.05, 3.63) is 58.7 Å². The van der Waals surface area contributed by atoms with Gasteiger partial charge in [0, 0.05) is 29.9 Å². The van der Waals surface area contributed by atoms with E-state index in [4.69, 9.17) is 4.74 Å². The highest BCUT2D eigenvalue weighted by Crippen LogP contribution is 2.24. The van der Waals surface area contributed by atoms with Gasteiger partial charge in [-0.2, -0.15) is 0 Å². The molecular formula is C19H19N3O3S. The molecule has 0 spiro atoms. The molecule has 134 valence electrons. The van der Waals surface area contributed by atoms with Gasteiger partial charge in [0.25, 0.3) is 5.91 Å². The summed E-state index contributed by atoms with van der Waals surface area (Å²) in [6.45, 7) is 3.48. The molecule has 0 saturated carbocycles. The first kappa shape index (κ1) is 17.9. The van der Waals surface area contributed by atoms with Gasteiger partial charge >= 0.3 is 5.97 Å². The van der Waals surface area contributed by atoms with Crippen LogP contribution in [0.3, 0.4) is 0 Å². The van der Waals surface area contributed by atoms with E-state index in [1.165, 1.54) is 0 Å². The summed E-state index contributed by atoms with van der Waals surface area (Å²) >= 11 is 1.55. The van der Waals surface area contributed by atoms with E-state index < -0.39 is 12.1 Å². The van der Waals surface area contributed by atoms with Gasteiger partial charge in [0.2, 0.25) is 0 Å². The number of aryl methyl sites for hydroxylation is 2. The van der Waals surface area contributed by atoms with Crippen molar-refractivity contribution < 1.29 is 14.3 Å². The van der Waals surface area contributed by atoms with Crippen LogP contribution in [0, 0.1) is 6.92 Å². The molecular weight excluding hydrogens is 350 g/mol. The second-order valence-electron chi connectivity index (χ2n) is 5.88. The largest absolute Gasteiger partial charge is 0.448 e. The normalized spacial score (nSPS) is 11.8. The van der Waals surface area contributed by atoms with Crippen molar-refractivity contribution >= 4 is 28.9 Å². The number of amides is 1. The number of anilines is 1. The van der Waals surface area contributed by atoms with Crippen molar-refractivity contribution in [2.24, 2.45) is 7.05 Å². The minimum Gasteiger partial charge on any atom is -0.448 e. The number of aromatic nitrogens is 2. The van der Waals surface area contributed by atoms with E-state index in [9.17, 15) is 9.59 Å². The van der Waals surface area contributed by atoms with Crippen molar-refractivity contribution in [1.29, 1.82) is 0 Å². The molecule has 1 amide bonds. The van der Waals surface area contributed by atoms with Crippen LogP contribution in [-0.2, 0) is 16.6 Å². The maximum Gasteiger partial charge on any atom is 0.355 e. The molecule has 3 rings (SSSR count). The fourth-order valence-electron chi connectivity index (χ4n) is 2.44. The maximum atomic E-state index is 12.4. The average Bonchev–Trinajstić information content (AvgIpc) is 3.21. The molecule has 1 atom stereocenters. The van der Waals surface area contributed by atoms with Crippen LogP contribution in [0.2, 0.25) is 0 Å². The number of para-hydroxylation sites is 1. The number of rotatable bonds is 5. The summed E-state index contributed by atoms with van der Waals surface area (Å²) < 4.78 is 6.99. The summed E-state index contributed by atoms with van der Waals surface area (Å²) in [5.74, 6) is -0.935. The summed E-state index contributed by atoms with van der Waals surface area (Å²) in [5.41, 5.74) is 2.67. The van der Waals surface area contributed by atoms with Crippen molar-refractivity contribution in [2.75, 3.05) is 5.32 Å². The summed E-state index contributed by atoms with van der Waals surface area (Å²) in [6, 6.07) is 10.8. The third-order valence-corrected chi connectivity index (χ3v) is 4.60. The van der Waals surface area contributed by atoms with E-state index in [0.717, 1.165) is 16.3 Å². The van der Waals surface area contributed by atoms with Crippen molar-refractivity contribution in [3.63, 3.8) is 0 Å². The Balaban J connectivity index is 1.67. The Kier molecular flexibility index (Phi) is 5.18. The smallest absolute Gasteiger partial charge is 0.355 e. The topological polar surface area (TPSA) is 73.2 Å². The predicted molar refractivity (Wildman–Crippen MR) is 101 cm³/mol. The third-order valence-electron chi connectivity index (χ3n) is 3.82.